The first-order valence-electron chi connectivity index (χ1n) is 6.61. The first-order chi connectivity index (χ1) is 10.0. The van der Waals surface area contributed by atoms with Gasteiger partial charge in [-0.2, -0.15) is 0 Å². The van der Waals surface area contributed by atoms with E-state index in [9.17, 15) is 4.79 Å². The number of carbonyl (C=O) groups excluding carboxylic acids is 1. The van der Waals surface area contributed by atoms with Crippen molar-refractivity contribution in [3.05, 3.63) is 68.6 Å². The van der Waals surface area contributed by atoms with Crippen LogP contribution in [-0.4, -0.2) is 13.1 Å². The molecule has 0 spiro atoms. The normalized spacial score (nSPS) is 13.5. The van der Waals surface area contributed by atoms with Gasteiger partial charge >= 0.3 is 5.97 Å². The van der Waals surface area contributed by atoms with Gasteiger partial charge in [0.25, 0.3) is 0 Å². The molecule has 4 heteroatoms. The van der Waals surface area contributed by atoms with Crippen LogP contribution in [0, 0.1) is 0 Å². The molecule has 21 heavy (non-hydrogen) atoms. The molecule has 2 aromatic carbocycles. The highest BCUT2D eigenvalue weighted by Gasteiger charge is 2.28. The second-order valence-corrected chi connectivity index (χ2v) is 6.72. The quantitative estimate of drug-likeness (QED) is 0.640. The molecule has 0 aromatic heterocycles. The van der Waals surface area contributed by atoms with E-state index in [1.54, 1.807) is 0 Å². The Morgan fingerprint density at radius 3 is 1.76 bits per heavy atom. The molecule has 2 nitrogen and oxygen atoms in total. The molecule has 0 amide bonds. The van der Waals surface area contributed by atoms with Crippen LogP contribution in [-0.2, 0) is 9.53 Å². The van der Waals surface area contributed by atoms with Crippen molar-refractivity contribution < 1.29 is 9.53 Å². The standard InChI is InChI=1S/C17H16Br2O2/c1-11(12-3-7-14(18)8-4-12)16(17(20)21-2)13-5-9-15(19)10-6-13/h3-11,16H,1-2H3/t11-,16-/m1/s1. The average Bonchev–Trinajstić information content (AvgIpc) is 2.49. The van der Waals surface area contributed by atoms with E-state index in [1.807, 2.05) is 55.5 Å². The summed E-state index contributed by atoms with van der Waals surface area (Å²) in [4.78, 5) is 12.2. The number of rotatable bonds is 4. The highest BCUT2D eigenvalue weighted by Crippen LogP contribution is 2.34. The molecule has 2 aromatic rings. The molecule has 0 aliphatic carbocycles. The predicted octanol–water partition coefficient (Wildman–Crippen LogP) is 5.27. The van der Waals surface area contributed by atoms with Gasteiger partial charge in [-0.05, 0) is 41.3 Å². The third-order valence-corrected chi connectivity index (χ3v) is 4.64. The van der Waals surface area contributed by atoms with Crippen LogP contribution in [0.2, 0.25) is 0 Å². The third kappa shape index (κ3) is 3.95. The summed E-state index contributed by atoms with van der Waals surface area (Å²) < 4.78 is 7.02. The zero-order valence-electron chi connectivity index (χ0n) is 11.8. The largest absolute Gasteiger partial charge is 0.469 e. The van der Waals surface area contributed by atoms with Gasteiger partial charge in [0.05, 0.1) is 13.0 Å². The highest BCUT2D eigenvalue weighted by atomic mass is 79.9. The number of ether oxygens (including phenoxy) is 1. The van der Waals surface area contributed by atoms with Crippen LogP contribution in [0.4, 0.5) is 0 Å². The van der Waals surface area contributed by atoms with Gasteiger partial charge in [-0.1, -0.05) is 63.0 Å². The lowest BCUT2D eigenvalue weighted by atomic mass is 9.83. The summed E-state index contributed by atoms with van der Waals surface area (Å²) in [5.41, 5.74) is 2.07. The summed E-state index contributed by atoms with van der Waals surface area (Å²) in [6.07, 6.45) is 0. The van der Waals surface area contributed by atoms with E-state index in [4.69, 9.17) is 4.74 Å². The van der Waals surface area contributed by atoms with Crippen LogP contribution in [0.25, 0.3) is 0 Å². The molecular weight excluding hydrogens is 396 g/mol. The molecule has 0 aliphatic heterocycles. The number of hydrogen-bond donors (Lipinski definition) is 0. The summed E-state index contributed by atoms with van der Waals surface area (Å²) in [7, 11) is 1.43. The Morgan fingerprint density at radius 1 is 0.905 bits per heavy atom. The van der Waals surface area contributed by atoms with Crippen LogP contribution >= 0.6 is 31.9 Å². The van der Waals surface area contributed by atoms with Crippen LogP contribution in [0.15, 0.2) is 57.5 Å². The highest BCUT2D eigenvalue weighted by molar-refractivity contribution is 9.10. The van der Waals surface area contributed by atoms with Gasteiger partial charge in [0.15, 0.2) is 0 Å². The lowest BCUT2D eigenvalue weighted by Crippen LogP contribution is -2.20. The van der Waals surface area contributed by atoms with Crippen LogP contribution < -0.4 is 0 Å². The minimum Gasteiger partial charge on any atom is -0.469 e. The van der Waals surface area contributed by atoms with Crippen LogP contribution in [0.5, 0.6) is 0 Å². The first kappa shape index (κ1) is 16.2. The van der Waals surface area contributed by atoms with Crippen molar-refractivity contribution in [2.75, 3.05) is 7.11 Å². The van der Waals surface area contributed by atoms with Crippen molar-refractivity contribution >= 4 is 37.8 Å². The molecule has 0 saturated carbocycles. The number of methoxy groups -OCH3 is 1. The molecule has 0 saturated heterocycles. The molecule has 0 fully saturated rings. The number of halogens is 2. The van der Waals surface area contributed by atoms with E-state index in [-0.39, 0.29) is 17.8 Å². The summed E-state index contributed by atoms with van der Waals surface area (Å²) in [5.74, 6) is -0.497. The number of esters is 1. The average molecular weight is 412 g/mol. The molecule has 0 aliphatic rings. The Balaban J connectivity index is 2.37. The first-order valence-corrected chi connectivity index (χ1v) is 8.20. The SMILES string of the molecule is COC(=O)[C@@H](c1ccc(Br)cc1)[C@H](C)c1ccc(Br)cc1. The second-order valence-electron chi connectivity index (χ2n) is 4.89. The van der Waals surface area contributed by atoms with Gasteiger partial charge in [-0.15, -0.1) is 0 Å². The topological polar surface area (TPSA) is 26.3 Å². The van der Waals surface area contributed by atoms with Crippen LogP contribution in [0.3, 0.4) is 0 Å². The van der Waals surface area contributed by atoms with Gasteiger partial charge in [-0.3, -0.25) is 4.79 Å². The van der Waals surface area contributed by atoms with Crippen molar-refractivity contribution in [3.8, 4) is 0 Å². The summed E-state index contributed by atoms with van der Waals surface area (Å²) in [6.45, 7) is 2.05. The molecule has 0 bridgehead atoms. The maximum atomic E-state index is 12.2. The Bertz CT molecular complexity index is 606. The summed E-state index contributed by atoms with van der Waals surface area (Å²) in [6, 6.07) is 15.8. The zero-order valence-corrected chi connectivity index (χ0v) is 15.0. The summed E-state index contributed by atoms with van der Waals surface area (Å²) >= 11 is 6.85. The van der Waals surface area contributed by atoms with Crippen molar-refractivity contribution in [1.82, 2.24) is 0 Å². The van der Waals surface area contributed by atoms with E-state index in [0.717, 1.165) is 20.1 Å². The Kier molecular flexibility index (Phi) is 5.59. The number of hydrogen-bond acceptors (Lipinski definition) is 2. The molecular formula is C17H16Br2O2. The maximum absolute atomic E-state index is 12.2. The Hall–Kier alpha value is -1.13. The molecule has 2 atom stereocenters. The molecule has 0 N–H and O–H groups in total. The predicted molar refractivity (Wildman–Crippen MR) is 91.5 cm³/mol. The number of carbonyl (C=O) groups is 1. The van der Waals surface area contributed by atoms with Gasteiger partial charge in [-0.25, -0.2) is 0 Å². The molecule has 0 heterocycles. The zero-order chi connectivity index (χ0) is 15.4. The van der Waals surface area contributed by atoms with E-state index in [0.29, 0.717) is 0 Å². The summed E-state index contributed by atoms with van der Waals surface area (Å²) in [5, 5.41) is 0. The van der Waals surface area contributed by atoms with Crippen molar-refractivity contribution in [1.29, 1.82) is 0 Å². The molecule has 0 radical (unpaired) electrons. The van der Waals surface area contributed by atoms with Crippen LogP contribution in [0.1, 0.15) is 29.9 Å². The van der Waals surface area contributed by atoms with Gasteiger partial charge in [0.2, 0.25) is 0 Å². The molecule has 0 unspecified atom stereocenters. The third-order valence-electron chi connectivity index (χ3n) is 3.58. The number of benzene rings is 2. The fraction of sp³-hybridized carbons (Fsp3) is 0.235. The van der Waals surface area contributed by atoms with Gasteiger partial charge in [0.1, 0.15) is 0 Å². The maximum Gasteiger partial charge on any atom is 0.313 e. The van der Waals surface area contributed by atoms with E-state index < -0.39 is 0 Å². The van der Waals surface area contributed by atoms with Gasteiger partial charge < -0.3 is 4.74 Å². The lowest BCUT2D eigenvalue weighted by molar-refractivity contribution is -0.142. The molecule has 110 valence electrons. The van der Waals surface area contributed by atoms with Crippen molar-refractivity contribution in [2.24, 2.45) is 0 Å². The monoisotopic (exact) mass is 410 g/mol. The Labute approximate surface area is 141 Å². The lowest BCUT2D eigenvalue weighted by Gasteiger charge is -2.23. The fourth-order valence-corrected chi connectivity index (χ4v) is 2.91. The van der Waals surface area contributed by atoms with E-state index in [2.05, 4.69) is 31.9 Å². The van der Waals surface area contributed by atoms with E-state index >= 15 is 0 Å². The van der Waals surface area contributed by atoms with Gasteiger partial charge in [0, 0.05) is 8.95 Å². The van der Waals surface area contributed by atoms with Crippen molar-refractivity contribution in [2.45, 2.75) is 18.8 Å². The van der Waals surface area contributed by atoms with E-state index in [1.165, 1.54) is 7.11 Å². The van der Waals surface area contributed by atoms with Crippen molar-refractivity contribution in [3.63, 3.8) is 0 Å². The second kappa shape index (κ2) is 7.23. The fourth-order valence-electron chi connectivity index (χ4n) is 2.38. The minimum absolute atomic E-state index is 0.0340. The Morgan fingerprint density at radius 2 is 1.33 bits per heavy atom. The minimum atomic E-state index is -0.315. The molecule has 2 rings (SSSR count). The smallest absolute Gasteiger partial charge is 0.313 e.